The summed E-state index contributed by atoms with van der Waals surface area (Å²) < 4.78 is 11.1. The van der Waals surface area contributed by atoms with Crippen molar-refractivity contribution in [2.24, 2.45) is 0 Å². The molecular weight excluding hydrogens is 608 g/mol. The third kappa shape index (κ3) is 5.09. The van der Waals surface area contributed by atoms with Crippen molar-refractivity contribution in [3.8, 4) is 5.75 Å². The predicted octanol–water partition coefficient (Wildman–Crippen LogP) is 5.62. The molecule has 2 saturated heterocycles. The Morgan fingerprint density at radius 1 is 0.917 bits per heavy atom. The second kappa shape index (κ2) is 12.6. The van der Waals surface area contributed by atoms with Gasteiger partial charge in [-0.25, -0.2) is 0 Å². The van der Waals surface area contributed by atoms with Gasteiger partial charge < -0.3 is 19.4 Å². The first-order valence-corrected chi connectivity index (χ1v) is 16.1. The zero-order valence-electron chi connectivity index (χ0n) is 26.6. The lowest BCUT2D eigenvalue weighted by Crippen LogP contribution is -2.70. The number of H-pyrrole nitrogens is 1. The van der Waals surface area contributed by atoms with E-state index in [1.807, 2.05) is 91.1 Å². The highest BCUT2D eigenvalue weighted by Crippen LogP contribution is 2.50. The molecule has 48 heavy (non-hydrogen) atoms. The summed E-state index contributed by atoms with van der Waals surface area (Å²) in [5.74, 6) is -1.75. The largest absolute Gasteiger partial charge is 0.497 e. The molecule has 10 nitrogen and oxygen atoms in total. The van der Waals surface area contributed by atoms with Gasteiger partial charge in [-0.1, -0.05) is 78.9 Å². The van der Waals surface area contributed by atoms with E-state index in [0.717, 1.165) is 22.0 Å². The van der Waals surface area contributed by atoms with Crippen LogP contribution in [0.15, 0.2) is 115 Å². The second-order valence-corrected chi connectivity index (χ2v) is 12.3. The quantitative estimate of drug-likeness (QED) is 0.0875. The number of benzene rings is 4. The fourth-order valence-electron chi connectivity index (χ4n) is 7.83. The van der Waals surface area contributed by atoms with E-state index in [2.05, 4.69) is 10.3 Å². The fraction of sp³-hybridized carbons (Fsp3) is 0.263. The van der Waals surface area contributed by atoms with E-state index in [1.165, 1.54) is 0 Å². The Morgan fingerprint density at radius 2 is 1.56 bits per heavy atom. The SMILES string of the molecule is CCOC(=O)[C@]1(Cc2c[nH]c3ccccc23)N[C@H]([C@H]2[C@H](c3ccccc3)C(=O)N2c2ccc(OC)cc2)[C@H]([N+](=O)[O-])[C@H]1c1ccccc1. The van der Waals surface area contributed by atoms with Gasteiger partial charge in [0.05, 0.1) is 37.6 Å². The van der Waals surface area contributed by atoms with Crippen molar-refractivity contribution in [3.05, 3.63) is 142 Å². The van der Waals surface area contributed by atoms with Gasteiger partial charge in [-0.2, -0.15) is 0 Å². The van der Waals surface area contributed by atoms with E-state index < -0.39 is 41.5 Å². The number of nitro groups is 1. The Morgan fingerprint density at radius 3 is 2.21 bits per heavy atom. The molecular formula is C38H36N4O6. The molecule has 4 aromatic carbocycles. The highest BCUT2D eigenvalue weighted by Gasteiger charge is 2.69. The van der Waals surface area contributed by atoms with Crippen molar-refractivity contribution in [3.63, 3.8) is 0 Å². The average molecular weight is 645 g/mol. The van der Waals surface area contributed by atoms with Gasteiger partial charge in [0, 0.05) is 34.1 Å². The van der Waals surface area contributed by atoms with Crippen molar-refractivity contribution < 1.29 is 24.0 Å². The van der Waals surface area contributed by atoms with Crippen molar-refractivity contribution in [1.29, 1.82) is 0 Å². The van der Waals surface area contributed by atoms with Gasteiger partial charge in [0.25, 0.3) is 0 Å². The molecule has 7 rings (SSSR count). The molecule has 10 heteroatoms. The maximum Gasteiger partial charge on any atom is 0.327 e. The van der Waals surface area contributed by atoms with Gasteiger partial charge in [0.1, 0.15) is 11.3 Å². The van der Waals surface area contributed by atoms with E-state index in [9.17, 15) is 19.7 Å². The van der Waals surface area contributed by atoms with Gasteiger partial charge in [-0.3, -0.25) is 25.0 Å². The topological polar surface area (TPSA) is 127 Å². The summed E-state index contributed by atoms with van der Waals surface area (Å²) in [6.45, 7) is 1.83. The second-order valence-electron chi connectivity index (χ2n) is 12.3. The van der Waals surface area contributed by atoms with Crippen LogP contribution in [-0.2, 0) is 20.7 Å². The normalized spacial score (nSPS) is 25.1. The van der Waals surface area contributed by atoms with Gasteiger partial charge >= 0.3 is 5.97 Å². The highest BCUT2D eigenvalue weighted by atomic mass is 16.6. The number of anilines is 1. The molecule has 1 amide bonds. The Bertz CT molecular complexity index is 1950. The van der Waals surface area contributed by atoms with Crippen LogP contribution in [0.4, 0.5) is 5.69 Å². The third-order valence-electron chi connectivity index (χ3n) is 9.87. The van der Waals surface area contributed by atoms with Crippen LogP contribution in [0.5, 0.6) is 5.75 Å². The van der Waals surface area contributed by atoms with Gasteiger partial charge in [-0.05, 0) is 53.9 Å². The lowest BCUT2D eigenvalue weighted by Gasteiger charge is -2.50. The van der Waals surface area contributed by atoms with Crippen LogP contribution in [0, 0.1) is 10.1 Å². The van der Waals surface area contributed by atoms with Crippen LogP contribution in [-0.4, -0.2) is 59.2 Å². The number of aromatic amines is 1. The molecule has 2 fully saturated rings. The van der Waals surface area contributed by atoms with Gasteiger partial charge in [0.2, 0.25) is 11.9 Å². The molecule has 2 N–H and O–H groups in total. The number of fused-ring (bicyclic) bond motifs is 1. The van der Waals surface area contributed by atoms with Crippen molar-refractivity contribution in [2.45, 2.75) is 48.8 Å². The van der Waals surface area contributed by atoms with Crippen LogP contribution >= 0.6 is 0 Å². The number of methoxy groups -OCH3 is 1. The van der Waals surface area contributed by atoms with E-state index in [0.29, 0.717) is 17.0 Å². The Labute approximate surface area is 277 Å². The van der Waals surface area contributed by atoms with Crippen molar-refractivity contribution >= 4 is 28.5 Å². The zero-order valence-corrected chi connectivity index (χ0v) is 26.6. The number of para-hydroxylation sites is 1. The molecule has 1 aromatic heterocycles. The van der Waals surface area contributed by atoms with Crippen LogP contribution < -0.4 is 15.0 Å². The molecule has 5 aromatic rings. The Kier molecular flexibility index (Phi) is 8.18. The third-order valence-corrected chi connectivity index (χ3v) is 9.87. The number of carbonyl (C=O) groups excluding carboxylic acids is 2. The Hall–Kier alpha value is -5.48. The number of hydrogen-bond donors (Lipinski definition) is 2. The van der Waals surface area contributed by atoms with Crippen molar-refractivity contribution in [1.82, 2.24) is 10.3 Å². The zero-order chi connectivity index (χ0) is 33.4. The minimum absolute atomic E-state index is 0.0952. The molecule has 244 valence electrons. The summed E-state index contributed by atoms with van der Waals surface area (Å²) in [7, 11) is 1.56. The summed E-state index contributed by atoms with van der Waals surface area (Å²) in [5, 5.41) is 17.9. The molecule has 2 aliphatic rings. The molecule has 2 aliphatic heterocycles. The summed E-state index contributed by atoms with van der Waals surface area (Å²) in [6, 6.07) is 30.4. The molecule has 0 unspecified atom stereocenters. The maximum atomic E-state index is 14.5. The number of carbonyl (C=O) groups is 2. The number of β-lactam (4-membered cyclic amide) rings is 1. The Balaban J connectivity index is 1.43. The average Bonchev–Trinajstić information content (AvgIpc) is 3.68. The highest BCUT2D eigenvalue weighted by molar-refractivity contribution is 6.07. The van der Waals surface area contributed by atoms with E-state index in [4.69, 9.17) is 9.47 Å². The molecule has 6 atom stereocenters. The number of nitrogens with zero attached hydrogens (tertiary/aromatic N) is 2. The first-order chi connectivity index (χ1) is 23.4. The lowest BCUT2D eigenvalue weighted by atomic mass is 9.71. The number of rotatable bonds is 10. The number of aromatic nitrogens is 1. The predicted molar refractivity (Wildman–Crippen MR) is 182 cm³/mol. The standard InChI is InChI=1S/C38H36N4O6/c1-3-48-37(44)38(22-26-23-39-30-17-11-10-16-29(26)30)32(25-14-8-5-9-15-25)35(42(45)46)33(40-38)34-31(24-12-6-4-7-13-24)36(43)41(34)27-18-20-28(47-2)21-19-27/h4-21,23,31-35,39-40H,3,22H2,1-2H3/t31-,32+,33+,34+,35+,38+/m0/s1. The minimum atomic E-state index is -1.55. The molecule has 3 heterocycles. The molecule has 0 saturated carbocycles. The van der Waals surface area contributed by atoms with Crippen LogP contribution in [0.1, 0.15) is 35.4 Å². The van der Waals surface area contributed by atoms with Gasteiger partial charge in [0.15, 0.2) is 0 Å². The number of hydrogen-bond acceptors (Lipinski definition) is 7. The first-order valence-electron chi connectivity index (χ1n) is 16.1. The number of ether oxygens (including phenoxy) is 2. The van der Waals surface area contributed by atoms with E-state index in [1.54, 1.807) is 43.2 Å². The first kappa shape index (κ1) is 31.1. The summed E-state index contributed by atoms with van der Waals surface area (Å²) in [6.07, 6.45) is 1.97. The monoisotopic (exact) mass is 644 g/mol. The van der Waals surface area contributed by atoms with Crippen molar-refractivity contribution in [2.75, 3.05) is 18.6 Å². The lowest BCUT2D eigenvalue weighted by molar-refractivity contribution is -0.527. The van der Waals surface area contributed by atoms with Crippen LogP contribution in [0.2, 0.25) is 0 Å². The fourth-order valence-corrected chi connectivity index (χ4v) is 7.83. The number of nitrogens with one attached hydrogen (secondary N) is 2. The van der Waals surface area contributed by atoms with Crippen LogP contribution in [0.3, 0.4) is 0 Å². The van der Waals surface area contributed by atoms with E-state index in [-0.39, 0.29) is 23.9 Å². The summed E-state index contributed by atoms with van der Waals surface area (Å²) >= 11 is 0. The van der Waals surface area contributed by atoms with E-state index >= 15 is 0 Å². The maximum absolute atomic E-state index is 14.5. The number of esters is 1. The van der Waals surface area contributed by atoms with Gasteiger partial charge in [-0.15, -0.1) is 0 Å². The molecule has 0 aliphatic carbocycles. The van der Waals surface area contributed by atoms with Crippen LogP contribution in [0.25, 0.3) is 10.9 Å². The summed E-state index contributed by atoms with van der Waals surface area (Å²) in [5.41, 5.74) is 2.15. The number of amides is 1. The molecule has 0 bridgehead atoms. The minimum Gasteiger partial charge on any atom is -0.497 e. The summed E-state index contributed by atoms with van der Waals surface area (Å²) in [4.78, 5) is 46.7. The smallest absolute Gasteiger partial charge is 0.327 e. The molecule has 0 radical (unpaired) electrons. The molecule has 0 spiro atoms.